The summed E-state index contributed by atoms with van der Waals surface area (Å²) in [6.45, 7) is 3.37. The Morgan fingerprint density at radius 3 is 2.81 bits per heavy atom. The third-order valence-electron chi connectivity index (χ3n) is 6.62. The number of carbonyl (C=O) groups excluding carboxylic acids is 2. The second kappa shape index (κ2) is 8.75. The molecule has 0 saturated carbocycles. The fourth-order valence-electron chi connectivity index (χ4n) is 4.83. The zero-order chi connectivity index (χ0) is 21.2. The summed E-state index contributed by atoms with van der Waals surface area (Å²) in [5.74, 6) is 0.595. The van der Waals surface area contributed by atoms with Crippen LogP contribution in [0, 0.1) is 0 Å². The lowest BCUT2D eigenvalue weighted by Crippen LogP contribution is -2.45. The molecular weight excluding hydrogens is 408 g/mol. The van der Waals surface area contributed by atoms with Gasteiger partial charge >= 0.3 is 6.03 Å². The largest absolute Gasteiger partial charge is 0.361 e. The molecule has 3 amide bonds. The van der Waals surface area contributed by atoms with Crippen molar-refractivity contribution in [3.8, 4) is 0 Å². The molecule has 1 aromatic carbocycles. The molecule has 31 heavy (non-hydrogen) atoms. The number of para-hydroxylation sites is 1. The van der Waals surface area contributed by atoms with Crippen molar-refractivity contribution in [1.29, 1.82) is 0 Å². The third kappa shape index (κ3) is 4.19. The summed E-state index contributed by atoms with van der Waals surface area (Å²) >= 11 is 1.77. The highest BCUT2D eigenvalue weighted by atomic mass is 32.1. The van der Waals surface area contributed by atoms with Gasteiger partial charge in [0, 0.05) is 61.1 Å². The van der Waals surface area contributed by atoms with Gasteiger partial charge in [-0.1, -0.05) is 18.2 Å². The van der Waals surface area contributed by atoms with E-state index in [1.807, 2.05) is 15.9 Å². The van der Waals surface area contributed by atoms with Gasteiger partial charge in [-0.15, -0.1) is 11.3 Å². The van der Waals surface area contributed by atoms with Gasteiger partial charge in [0.1, 0.15) is 0 Å². The molecule has 1 fully saturated rings. The Morgan fingerprint density at radius 1 is 1.10 bits per heavy atom. The molecule has 3 aromatic rings. The highest BCUT2D eigenvalue weighted by molar-refractivity contribution is 7.10. The van der Waals surface area contributed by atoms with E-state index in [9.17, 15) is 9.59 Å². The number of benzene rings is 1. The van der Waals surface area contributed by atoms with Crippen molar-refractivity contribution in [1.82, 2.24) is 20.1 Å². The lowest BCUT2D eigenvalue weighted by molar-refractivity contribution is -0.131. The van der Waals surface area contributed by atoms with E-state index in [0.717, 1.165) is 38.9 Å². The predicted molar refractivity (Wildman–Crippen MR) is 123 cm³/mol. The number of aromatic nitrogens is 1. The molecule has 0 aliphatic carbocycles. The first kappa shape index (κ1) is 20.1. The second-order valence-electron chi connectivity index (χ2n) is 8.47. The van der Waals surface area contributed by atoms with Gasteiger partial charge in [0.15, 0.2) is 0 Å². The molecule has 4 heterocycles. The van der Waals surface area contributed by atoms with E-state index in [0.29, 0.717) is 25.4 Å². The number of carbonyl (C=O) groups is 2. The molecule has 2 N–H and O–H groups in total. The smallest absolute Gasteiger partial charge is 0.317 e. The summed E-state index contributed by atoms with van der Waals surface area (Å²) in [6.07, 6.45) is 5.35. The number of aromatic amines is 1. The van der Waals surface area contributed by atoms with Crippen LogP contribution in [-0.4, -0.2) is 52.9 Å². The van der Waals surface area contributed by atoms with Crippen LogP contribution in [0.3, 0.4) is 0 Å². The van der Waals surface area contributed by atoms with Gasteiger partial charge in [0.05, 0.1) is 0 Å². The van der Waals surface area contributed by atoms with Gasteiger partial charge in [-0.3, -0.25) is 4.79 Å². The van der Waals surface area contributed by atoms with E-state index in [2.05, 4.69) is 46.1 Å². The van der Waals surface area contributed by atoms with Crippen molar-refractivity contribution in [2.24, 2.45) is 0 Å². The van der Waals surface area contributed by atoms with Crippen LogP contribution in [0.4, 0.5) is 4.79 Å². The number of urea groups is 1. The molecular formula is C24H28N4O2S. The molecule has 1 saturated heterocycles. The van der Waals surface area contributed by atoms with E-state index >= 15 is 0 Å². The summed E-state index contributed by atoms with van der Waals surface area (Å²) in [5.41, 5.74) is 3.80. The maximum absolute atomic E-state index is 12.6. The Labute approximate surface area is 186 Å². The number of thiophene rings is 1. The molecule has 0 radical (unpaired) electrons. The van der Waals surface area contributed by atoms with Gasteiger partial charge in [-0.25, -0.2) is 4.79 Å². The van der Waals surface area contributed by atoms with Crippen molar-refractivity contribution >= 4 is 34.2 Å². The van der Waals surface area contributed by atoms with E-state index in [-0.39, 0.29) is 11.9 Å². The van der Waals surface area contributed by atoms with Crippen molar-refractivity contribution in [3.05, 3.63) is 57.9 Å². The van der Waals surface area contributed by atoms with Gasteiger partial charge in [-0.2, -0.15) is 0 Å². The Balaban J connectivity index is 1.07. The first-order valence-electron chi connectivity index (χ1n) is 11.1. The van der Waals surface area contributed by atoms with Crippen LogP contribution in [0.5, 0.6) is 0 Å². The average Bonchev–Trinajstić information content (AvgIpc) is 3.45. The number of hydrogen-bond acceptors (Lipinski definition) is 3. The number of rotatable bonds is 4. The first-order chi connectivity index (χ1) is 15.2. The van der Waals surface area contributed by atoms with Crippen molar-refractivity contribution in [3.63, 3.8) is 0 Å². The number of nitrogens with one attached hydrogen (secondary N) is 2. The molecule has 2 aliphatic heterocycles. The Hall–Kier alpha value is -2.80. The van der Waals surface area contributed by atoms with Crippen molar-refractivity contribution < 1.29 is 9.59 Å². The normalized spacial score (nSPS) is 17.0. The third-order valence-corrected chi connectivity index (χ3v) is 7.64. The van der Waals surface area contributed by atoms with Gasteiger partial charge in [-0.05, 0) is 53.8 Å². The minimum absolute atomic E-state index is 0.0519. The molecule has 0 spiro atoms. The summed E-state index contributed by atoms with van der Waals surface area (Å²) in [7, 11) is 0. The molecule has 6 nitrogen and oxygen atoms in total. The summed E-state index contributed by atoms with van der Waals surface area (Å²) < 4.78 is 0. The molecule has 2 aromatic heterocycles. The van der Waals surface area contributed by atoms with E-state index in [4.69, 9.17) is 0 Å². The maximum Gasteiger partial charge on any atom is 0.317 e. The van der Waals surface area contributed by atoms with Crippen LogP contribution >= 0.6 is 11.3 Å². The zero-order valence-electron chi connectivity index (χ0n) is 17.6. The molecule has 5 rings (SSSR count). The lowest BCUT2D eigenvalue weighted by Gasteiger charge is -2.32. The Morgan fingerprint density at radius 2 is 1.94 bits per heavy atom. The van der Waals surface area contributed by atoms with E-state index in [1.54, 1.807) is 11.3 Å². The summed E-state index contributed by atoms with van der Waals surface area (Å²) in [4.78, 5) is 33.7. The lowest BCUT2D eigenvalue weighted by atomic mass is 9.89. The SMILES string of the molecule is O=C(CCNC(=O)N1CCC(c2c[nH]c3ccccc23)CC1)N1CCc2sccc2C1. The van der Waals surface area contributed by atoms with Gasteiger partial charge in [0.25, 0.3) is 0 Å². The molecule has 2 aliphatic rings. The van der Waals surface area contributed by atoms with Crippen LogP contribution in [0.15, 0.2) is 41.9 Å². The molecule has 162 valence electrons. The fourth-order valence-corrected chi connectivity index (χ4v) is 5.72. The summed E-state index contributed by atoms with van der Waals surface area (Å²) in [6, 6.07) is 10.5. The van der Waals surface area contributed by atoms with Gasteiger partial charge in [0.2, 0.25) is 5.91 Å². The number of piperidine rings is 1. The van der Waals surface area contributed by atoms with Crippen molar-refractivity contribution in [2.45, 2.75) is 38.1 Å². The van der Waals surface area contributed by atoms with Crippen LogP contribution in [-0.2, 0) is 17.8 Å². The first-order valence-corrected chi connectivity index (χ1v) is 12.0. The molecule has 0 bridgehead atoms. The van der Waals surface area contributed by atoms with Crippen LogP contribution in [0.2, 0.25) is 0 Å². The van der Waals surface area contributed by atoms with E-state index in [1.165, 1.54) is 26.9 Å². The average molecular weight is 437 g/mol. The Bertz CT molecular complexity index is 1080. The monoisotopic (exact) mass is 436 g/mol. The standard InChI is InChI=1S/C24H28N4O2S/c29-23(28-13-8-22-18(16-28)9-14-31-22)5-10-25-24(30)27-11-6-17(7-12-27)20-15-26-21-4-2-1-3-19(20)21/h1-4,9,14-15,17,26H,5-8,10-13,16H2,(H,25,30). The zero-order valence-corrected chi connectivity index (χ0v) is 18.4. The van der Waals surface area contributed by atoms with Crippen LogP contribution in [0.25, 0.3) is 10.9 Å². The molecule has 0 atom stereocenters. The number of nitrogens with zero attached hydrogens (tertiary/aromatic N) is 2. The predicted octanol–water partition coefficient (Wildman–Crippen LogP) is 4.09. The molecule has 0 unspecified atom stereocenters. The minimum Gasteiger partial charge on any atom is -0.361 e. The maximum atomic E-state index is 12.6. The number of amides is 3. The number of fused-ring (bicyclic) bond motifs is 2. The quantitative estimate of drug-likeness (QED) is 0.647. The Kier molecular flexibility index (Phi) is 5.68. The van der Waals surface area contributed by atoms with E-state index < -0.39 is 0 Å². The number of likely N-dealkylation sites (tertiary alicyclic amines) is 1. The van der Waals surface area contributed by atoms with Gasteiger partial charge < -0.3 is 20.1 Å². The highest BCUT2D eigenvalue weighted by Gasteiger charge is 2.26. The van der Waals surface area contributed by atoms with Crippen molar-refractivity contribution in [2.75, 3.05) is 26.2 Å². The van der Waals surface area contributed by atoms with Crippen LogP contribution in [0.1, 0.15) is 41.2 Å². The minimum atomic E-state index is -0.0519. The summed E-state index contributed by atoms with van der Waals surface area (Å²) in [5, 5.41) is 6.34. The number of hydrogen-bond donors (Lipinski definition) is 2. The number of H-pyrrole nitrogens is 1. The fraction of sp³-hybridized carbons (Fsp3) is 0.417. The molecule has 7 heteroatoms. The topological polar surface area (TPSA) is 68.4 Å². The highest BCUT2D eigenvalue weighted by Crippen LogP contribution is 2.33. The van der Waals surface area contributed by atoms with Crippen LogP contribution < -0.4 is 5.32 Å². The second-order valence-corrected chi connectivity index (χ2v) is 9.47.